The van der Waals surface area contributed by atoms with E-state index in [2.05, 4.69) is 51.7 Å². The summed E-state index contributed by atoms with van der Waals surface area (Å²) in [5.41, 5.74) is 2.81. The summed E-state index contributed by atoms with van der Waals surface area (Å²) in [6.45, 7) is 10.4. The largest absolute Gasteiger partial charge is 0.390 e. The first-order valence-corrected chi connectivity index (χ1v) is 10.8. The monoisotopic (exact) mass is 518 g/mol. The number of nitrogens with zero attached hydrogens (tertiary/aromatic N) is 2. The van der Waals surface area contributed by atoms with Crippen LogP contribution in [0.5, 0.6) is 0 Å². The van der Waals surface area contributed by atoms with Gasteiger partial charge in [-0.1, -0.05) is 37.6 Å². The van der Waals surface area contributed by atoms with Gasteiger partial charge in [-0.05, 0) is 37.3 Å². The minimum absolute atomic E-state index is 0. The zero-order chi connectivity index (χ0) is 20.0. The quantitative estimate of drug-likeness (QED) is 0.172. The van der Waals surface area contributed by atoms with Crippen LogP contribution in [0.1, 0.15) is 44.2 Å². The van der Waals surface area contributed by atoms with E-state index in [4.69, 9.17) is 4.74 Å². The maximum Gasteiger partial charge on any atom is 0.191 e. The fourth-order valence-electron chi connectivity index (χ4n) is 3.33. The smallest absolute Gasteiger partial charge is 0.191 e. The molecule has 1 aromatic carbocycles. The summed E-state index contributed by atoms with van der Waals surface area (Å²) in [5.74, 6) is 0.763. The third-order valence-electron chi connectivity index (χ3n) is 4.88. The van der Waals surface area contributed by atoms with Crippen molar-refractivity contribution in [1.29, 1.82) is 0 Å². The van der Waals surface area contributed by atoms with Crippen molar-refractivity contribution in [3.8, 4) is 0 Å². The molecule has 0 fully saturated rings. The number of aliphatic hydroxyl groups is 1. The molecule has 1 aliphatic heterocycles. The molecule has 29 heavy (non-hydrogen) atoms. The van der Waals surface area contributed by atoms with Gasteiger partial charge in [-0.15, -0.1) is 24.0 Å². The molecule has 0 saturated heterocycles. The van der Waals surface area contributed by atoms with Gasteiger partial charge < -0.3 is 20.5 Å². The van der Waals surface area contributed by atoms with E-state index in [9.17, 15) is 5.11 Å². The van der Waals surface area contributed by atoms with Crippen molar-refractivity contribution in [3.05, 3.63) is 35.4 Å². The van der Waals surface area contributed by atoms with Crippen LogP contribution >= 0.6 is 24.0 Å². The van der Waals surface area contributed by atoms with E-state index in [0.29, 0.717) is 13.1 Å². The van der Waals surface area contributed by atoms with Crippen molar-refractivity contribution in [2.75, 3.05) is 45.9 Å². The number of fused-ring (bicyclic) bond motifs is 1. The summed E-state index contributed by atoms with van der Waals surface area (Å²) in [4.78, 5) is 6.86. The summed E-state index contributed by atoms with van der Waals surface area (Å²) in [6.07, 6.45) is 3.83. The van der Waals surface area contributed by atoms with Gasteiger partial charge in [0.25, 0.3) is 0 Å². The van der Waals surface area contributed by atoms with Crippen LogP contribution in [-0.2, 0) is 17.7 Å². The lowest BCUT2D eigenvalue weighted by Crippen LogP contribution is -2.40. The highest BCUT2D eigenvalue weighted by molar-refractivity contribution is 14.0. The Morgan fingerprint density at radius 1 is 1.17 bits per heavy atom. The molecule has 0 spiro atoms. The maximum atomic E-state index is 10.4. The fraction of sp³-hybridized carbons (Fsp3) is 0.682. The van der Waals surface area contributed by atoms with Crippen LogP contribution in [0.4, 0.5) is 0 Å². The molecular formula is C22H39IN4O2. The number of nitrogens with one attached hydrogen (secondary N) is 2. The molecule has 0 radical (unpaired) electrons. The molecule has 166 valence electrons. The second-order valence-electron chi connectivity index (χ2n) is 7.37. The Hall–Kier alpha value is -0.900. The van der Waals surface area contributed by atoms with E-state index in [1.54, 1.807) is 0 Å². The fourth-order valence-corrected chi connectivity index (χ4v) is 3.33. The van der Waals surface area contributed by atoms with Crippen LogP contribution in [-0.4, -0.2) is 68.0 Å². The lowest BCUT2D eigenvalue weighted by Gasteiger charge is -2.30. The predicted octanol–water partition coefficient (Wildman–Crippen LogP) is 2.79. The number of rotatable bonds is 12. The van der Waals surface area contributed by atoms with Gasteiger partial charge >= 0.3 is 0 Å². The average molecular weight is 518 g/mol. The normalized spacial score (nSPS) is 15.3. The molecule has 0 aromatic heterocycles. The van der Waals surface area contributed by atoms with E-state index in [-0.39, 0.29) is 24.0 Å². The molecule has 3 N–H and O–H groups in total. The Labute approximate surface area is 193 Å². The highest BCUT2D eigenvalue weighted by Gasteiger charge is 2.18. The van der Waals surface area contributed by atoms with E-state index in [1.165, 1.54) is 17.5 Å². The molecule has 1 aliphatic rings. The van der Waals surface area contributed by atoms with Crippen molar-refractivity contribution < 1.29 is 9.84 Å². The van der Waals surface area contributed by atoms with Crippen LogP contribution in [0.2, 0.25) is 0 Å². The number of unbranched alkanes of at least 4 members (excludes halogenated alkanes) is 1. The van der Waals surface area contributed by atoms with Gasteiger partial charge in [0, 0.05) is 45.9 Å². The maximum absolute atomic E-state index is 10.4. The molecule has 0 saturated carbocycles. The minimum Gasteiger partial charge on any atom is -0.390 e. The van der Waals surface area contributed by atoms with E-state index >= 15 is 0 Å². The average Bonchev–Trinajstić information content (AvgIpc) is 2.71. The molecule has 0 bridgehead atoms. The number of ether oxygens (including phenoxy) is 1. The van der Waals surface area contributed by atoms with Crippen molar-refractivity contribution in [1.82, 2.24) is 15.5 Å². The molecule has 1 aromatic rings. The van der Waals surface area contributed by atoms with Crippen LogP contribution in [0, 0.1) is 0 Å². The van der Waals surface area contributed by atoms with Gasteiger partial charge in [-0.25, -0.2) is 0 Å². The summed E-state index contributed by atoms with van der Waals surface area (Å²) in [5, 5.41) is 17.0. The SMILES string of the molecule is CCCCOCCCNC(=NCC(O)CN1CCc2ccccc2C1)NCC.I. The van der Waals surface area contributed by atoms with Gasteiger partial charge in [0.1, 0.15) is 0 Å². The van der Waals surface area contributed by atoms with Gasteiger partial charge in [-0.2, -0.15) is 0 Å². The zero-order valence-corrected chi connectivity index (χ0v) is 20.4. The highest BCUT2D eigenvalue weighted by atomic mass is 127. The number of aliphatic hydroxyl groups excluding tert-OH is 1. The third-order valence-corrected chi connectivity index (χ3v) is 4.88. The Bertz CT molecular complexity index is 586. The molecule has 6 nitrogen and oxygen atoms in total. The minimum atomic E-state index is -0.460. The Morgan fingerprint density at radius 2 is 1.93 bits per heavy atom. The van der Waals surface area contributed by atoms with Crippen LogP contribution in [0.3, 0.4) is 0 Å². The van der Waals surface area contributed by atoms with Crippen LogP contribution in [0.25, 0.3) is 0 Å². The molecule has 1 unspecified atom stereocenters. The molecule has 1 atom stereocenters. The zero-order valence-electron chi connectivity index (χ0n) is 18.0. The van der Waals surface area contributed by atoms with Gasteiger partial charge in [-0.3, -0.25) is 9.89 Å². The van der Waals surface area contributed by atoms with Crippen molar-refractivity contribution in [2.24, 2.45) is 4.99 Å². The Morgan fingerprint density at radius 3 is 2.69 bits per heavy atom. The second-order valence-corrected chi connectivity index (χ2v) is 7.37. The highest BCUT2D eigenvalue weighted by Crippen LogP contribution is 2.18. The molecule has 0 amide bonds. The van der Waals surface area contributed by atoms with Crippen molar-refractivity contribution in [2.45, 2.75) is 52.2 Å². The molecular weight excluding hydrogens is 479 g/mol. The molecule has 0 aliphatic carbocycles. The molecule has 1 heterocycles. The molecule has 2 rings (SSSR count). The van der Waals surface area contributed by atoms with Crippen molar-refractivity contribution in [3.63, 3.8) is 0 Å². The first-order valence-electron chi connectivity index (χ1n) is 10.8. The number of hydrogen-bond donors (Lipinski definition) is 3. The van der Waals surface area contributed by atoms with Crippen molar-refractivity contribution >= 4 is 29.9 Å². The lowest BCUT2D eigenvalue weighted by molar-refractivity contribution is 0.111. The van der Waals surface area contributed by atoms with E-state index in [1.807, 2.05) is 6.92 Å². The topological polar surface area (TPSA) is 69.1 Å². The summed E-state index contributed by atoms with van der Waals surface area (Å²) >= 11 is 0. The standard InChI is InChI=1S/C22H38N4O2.HI/c1-3-5-14-28-15-8-12-24-22(23-4-2)25-16-21(27)18-26-13-11-19-9-6-7-10-20(19)17-26;/h6-7,9-10,21,27H,3-5,8,11-18H2,1-2H3,(H2,23,24,25);1H. The van der Waals surface area contributed by atoms with Crippen LogP contribution < -0.4 is 10.6 Å². The Balaban J connectivity index is 0.00000420. The number of β-amino-alcohol motifs (C(OH)–C–C–N with tert-alkyl or cyclic N) is 1. The Kier molecular flexibility index (Phi) is 14.3. The summed E-state index contributed by atoms with van der Waals surface area (Å²) in [7, 11) is 0. The van der Waals surface area contributed by atoms with E-state index in [0.717, 1.165) is 64.6 Å². The second kappa shape index (κ2) is 15.9. The number of aliphatic imine (C=N–C) groups is 1. The van der Waals surface area contributed by atoms with E-state index < -0.39 is 6.10 Å². The summed E-state index contributed by atoms with van der Waals surface area (Å²) in [6, 6.07) is 8.58. The number of hydrogen-bond acceptors (Lipinski definition) is 4. The predicted molar refractivity (Wildman–Crippen MR) is 131 cm³/mol. The van der Waals surface area contributed by atoms with Gasteiger partial charge in [0.2, 0.25) is 0 Å². The molecule has 7 heteroatoms. The van der Waals surface area contributed by atoms with Crippen LogP contribution in [0.15, 0.2) is 29.3 Å². The number of halogens is 1. The summed E-state index contributed by atoms with van der Waals surface area (Å²) < 4.78 is 5.58. The third kappa shape index (κ3) is 10.6. The van der Waals surface area contributed by atoms with Gasteiger partial charge in [0.15, 0.2) is 5.96 Å². The number of guanidine groups is 1. The first kappa shape index (κ1) is 26.1. The number of benzene rings is 1. The first-order chi connectivity index (χ1) is 13.7. The van der Waals surface area contributed by atoms with Gasteiger partial charge in [0.05, 0.1) is 12.6 Å². The lowest BCUT2D eigenvalue weighted by atomic mass is 10.00.